The first kappa shape index (κ1) is 10.7. The molecule has 8 nitrogen and oxygen atoms in total. The molecule has 1 aliphatic rings. The number of nitrogens with zero attached hydrogens (tertiary/aromatic N) is 5. The van der Waals surface area contributed by atoms with E-state index >= 15 is 0 Å². The highest BCUT2D eigenvalue weighted by atomic mass is 16.5. The lowest BCUT2D eigenvalue weighted by Crippen LogP contribution is -2.42. The van der Waals surface area contributed by atoms with Gasteiger partial charge < -0.3 is 15.4 Å². The summed E-state index contributed by atoms with van der Waals surface area (Å²) < 4.78 is 5.30. The molecule has 18 heavy (non-hydrogen) atoms. The maximum atomic E-state index is 8.91. The van der Waals surface area contributed by atoms with Gasteiger partial charge in [-0.2, -0.15) is 20.3 Å². The van der Waals surface area contributed by atoms with Crippen molar-refractivity contribution in [2.45, 2.75) is 6.10 Å². The number of H-pyrrole nitrogens is 1. The molecule has 2 aromatic rings. The zero-order chi connectivity index (χ0) is 12.5. The van der Waals surface area contributed by atoms with Gasteiger partial charge >= 0.3 is 0 Å². The van der Waals surface area contributed by atoms with Crippen molar-refractivity contribution in [3.8, 4) is 6.07 Å². The Morgan fingerprint density at radius 3 is 3.28 bits per heavy atom. The number of anilines is 2. The molecular weight excluding hydrogens is 234 g/mol. The first-order chi connectivity index (χ1) is 8.78. The summed E-state index contributed by atoms with van der Waals surface area (Å²) in [6, 6.07) is 2.10. The molecule has 3 rings (SSSR count). The van der Waals surface area contributed by atoms with Crippen molar-refractivity contribution in [2.75, 3.05) is 30.3 Å². The summed E-state index contributed by atoms with van der Waals surface area (Å²) in [4.78, 5) is 10.3. The normalized spacial score (nSPS) is 19.9. The van der Waals surface area contributed by atoms with Gasteiger partial charge in [-0.05, 0) is 0 Å². The first-order valence-corrected chi connectivity index (χ1v) is 5.50. The Morgan fingerprint density at radius 2 is 2.44 bits per heavy atom. The largest absolute Gasteiger partial charge is 0.368 e. The number of nitriles is 1. The van der Waals surface area contributed by atoms with E-state index in [1.54, 1.807) is 6.20 Å². The van der Waals surface area contributed by atoms with Crippen LogP contribution in [0, 0.1) is 11.3 Å². The molecule has 1 aliphatic heterocycles. The molecular formula is C10H11N7O. The summed E-state index contributed by atoms with van der Waals surface area (Å²) >= 11 is 0. The third-order valence-electron chi connectivity index (χ3n) is 2.82. The molecule has 3 N–H and O–H groups in total. The molecule has 92 valence electrons. The van der Waals surface area contributed by atoms with Crippen molar-refractivity contribution >= 4 is 22.8 Å². The zero-order valence-corrected chi connectivity index (χ0v) is 9.50. The number of nitrogens with one attached hydrogen (secondary N) is 1. The minimum atomic E-state index is -0.447. The van der Waals surface area contributed by atoms with Gasteiger partial charge in [0, 0.05) is 6.54 Å². The van der Waals surface area contributed by atoms with E-state index in [1.165, 1.54) is 0 Å². The van der Waals surface area contributed by atoms with Crippen LogP contribution in [0.4, 0.5) is 11.8 Å². The molecule has 0 aromatic carbocycles. The fraction of sp³-hybridized carbons (Fsp3) is 0.400. The Labute approximate surface area is 102 Å². The second-order valence-corrected chi connectivity index (χ2v) is 3.97. The van der Waals surface area contributed by atoms with Crippen LogP contribution < -0.4 is 10.6 Å². The Balaban J connectivity index is 2.03. The minimum Gasteiger partial charge on any atom is -0.368 e. The Hall–Kier alpha value is -2.40. The summed E-state index contributed by atoms with van der Waals surface area (Å²) in [5.74, 6) is 0.872. The fourth-order valence-electron chi connectivity index (χ4n) is 2.00. The number of hydrogen-bond acceptors (Lipinski definition) is 7. The number of aromatic amines is 1. The second-order valence-electron chi connectivity index (χ2n) is 3.97. The van der Waals surface area contributed by atoms with Gasteiger partial charge in [-0.3, -0.25) is 5.10 Å². The molecule has 0 aliphatic carbocycles. The van der Waals surface area contributed by atoms with Gasteiger partial charge in [-0.15, -0.1) is 0 Å². The highest BCUT2D eigenvalue weighted by molar-refractivity contribution is 5.87. The molecule has 0 saturated carbocycles. The number of nitrogens with two attached hydrogens (primary N) is 1. The van der Waals surface area contributed by atoms with E-state index in [0.29, 0.717) is 31.2 Å². The number of rotatable bonds is 1. The molecule has 0 bridgehead atoms. The zero-order valence-electron chi connectivity index (χ0n) is 9.50. The van der Waals surface area contributed by atoms with Gasteiger partial charge in [0.15, 0.2) is 11.8 Å². The maximum absolute atomic E-state index is 8.91. The van der Waals surface area contributed by atoms with Gasteiger partial charge in [0.2, 0.25) is 5.95 Å². The standard InChI is InChI=1S/C10H11N7O/c11-3-6-5-17(1-2-18-6)9-7-4-13-16-8(7)14-10(12)15-9/h4,6H,1-2,5H2,(H3,12,13,14,15,16). The summed E-state index contributed by atoms with van der Waals surface area (Å²) in [7, 11) is 0. The van der Waals surface area contributed by atoms with E-state index in [-0.39, 0.29) is 5.95 Å². The van der Waals surface area contributed by atoms with Crippen LogP contribution in [-0.4, -0.2) is 46.0 Å². The summed E-state index contributed by atoms with van der Waals surface area (Å²) in [6.45, 7) is 1.61. The molecule has 2 aromatic heterocycles. The highest BCUT2D eigenvalue weighted by Crippen LogP contribution is 2.24. The third kappa shape index (κ3) is 1.70. The van der Waals surface area contributed by atoms with Crippen molar-refractivity contribution in [3.05, 3.63) is 6.20 Å². The first-order valence-electron chi connectivity index (χ1n) is 5.50. The molecule has 8 heteroatoms. The van der Waals surface area contributed by atoms with E-state index in [4.69, 9.17) is 15.7 Å². The lowest BCUT2D eigenvalue weighted by molar-refractivity contribution is 0.0762. The van der Waals surface area contributed by atoms with Gasteiger partial charge in [0.25, 0.3) is 0 Å². The van der Waals surface area contributed by atoms with Crippen LogP contribution in [0.15, 0.2) is 6.20 Å². The van der Waals surface area contributed by atoms with Gasteiger partial charge in [-0.25, -0.2) is 0 Å². The minimum absolute atomic E-state index is 0.182. The van der Waals surface area contributed by atoms with E-state index in [2.05, 4.69) is 26.2 Å². The lowest BCUT2D eigenvalue weighted by atomic mass is 10.2. The number of morpholine rings is 1. The van der Waals surface area contributed by atoms with Gasteiger partial charge in [-0.1, -0.05) is 0 Å². The van der Waals surface area contributed by atoms with Crippen LogP contribution in [0.25, 0.3) is 11.0 Å². The smallest absolute Gasteiger partial charge is 0.224 e. The summed E-state index contributed by atoms with van der Waals surface area (Å²) in [5.41, 5.74) is 6.26. The quantitative estimate of drug-likeness (QED) is 0.706. The number of nitrogen functional groups attached to an aromatic ring is 1. The highest BCUT2D eigenvalue weighted by Gasteiger charge is 2.23. The Morgan fingerprint density at radius 1 is 1.56 bits per heavy atom. The lowest BCUT2D eigenvalue weighted by Gasteiger charge is -2.30. The van der Waals surface area contributed by atoms with E-state index in [0.717, 1.165) is 5.39 Å². The second kappa shape index (κ2) is 4.12. The molecule has 0 spiro atoms. The summed E-state index contributed by atoms with van der Waals surface area (Å²) in [5, 5.41) is 16.4. The van der Waals surface area contributed by atoms with E-state index in [1.807, 2.05) is 4.90 Å². The van der Waals surface area contributed by atoms with Crippen LogP contribution in [0.1, 0.15) is 0 Å². The topological polar surface area (TPSA) is 117 Å². The number of aromatic nitrogens is 4. The maximum Gasteiger partial charge on any atom is 0.224 e. The number of hydrogen-bond donors (Lipinski definition) is 2. The molecule has 3 heterocycles. The van der Waals surface area contributed by atoms with Crippen molar-refractivity contribution in [3.63, 3.8) is 0 Å². The number of fused-ring (bicyclic) bond motifs is 1. The van der Waals surface area contributed by atoms with Crippen LogP contribution in [0.3, 0.4) is 0 Å². The average Bonchev–Trinajstić information content (AvgIpc) is 2.85. The van der Waals surface area contributed by atoms with Crippen molar-refractivity contribution in [1.82, 2.24) is 20.2 Å². The van der Waals surface area contributed by atoms with Crippen LogP contribution in [0.5, 0.6) is 0 Å². The monoisotopic (exact) mass is 245 g/mol. The van der Waals surface area contributed by atoms with Crippen LogP contribution in [0.2, 0.25) is 0 Å². The van der Waals surface area contributed by atoms with Crippen molar-refractivity contribution < 1.29 is 4.74 Å². The summed E-state index contributed by atoms with van der Waals surface area (Å²) in [6.07, 6.45) is 1.21. The molecule has 0 amide bonds. The molecule has 1 atom stereocenters. The fourth-order valence-corrected chi connectivity index (χ4v) is 2.00. The SMILES string of the molecule is N#CC1CN(c2nc(N)nc3[nH]ncc23)CCO1. The predicted octanol–water partition coefficient (Wildman–Crippen LogP) is -0.336. The average molecular weight is 245 g/mol. The molecule has 1 fully saturated rings. The molecule has 1 saturated heterocycles. The van der Waals surface area contributed by atoms with E-state index in [9.17, 15) is 0 Å². The van der Waals surface area contributed by atoms with Crippen molar-refractivity contribution in [1.29, 1.82) is 5.26 Å². The van der Waals surface area contributed by atoms with Gasteiger partial charge in [0.05, 0.1) is 30.8 Å². The van der Waals surface area contributed by atoms with Gasteiger partial charge in [0.1, 0.15) is 5.82 Å². The Kier molecular flexibility index (Phi) is 2.46. The predicted molar refractivity (Wildman–Crippen MR) is 63.7 cm³/mol. The van der Waals surface area contributed by atoms with Crippen LogP contribution >= 0.6 is 0 Å². The third-order valence-corrected chi connectivity index (χ3v) is 2.82. The number of ether oxygens (including phenoxy) is 1. The Bertz CT molecular complexity index is 616. The molecule has 0 radical (unpaired) electrons. The molecule has 1 unspecified atom stereocenters. The van der Waals surface area contributed by atoms with Crippen LogP contribution in [-0.2, 0) is 4.74 Å². The van der Waals surface area contributed by atoms with E-state index < -0.39 is 6.10 Å². The van der Waals surface area contributed by atoms with Crippen molar-refractivity contribution in [2.24, 2.45) is 0 Å².